The zero-order chi connectivity index (χ0) is 19.8. The zero-order valence-electron chi connectivity index (χ0n) is 16.8. The molecule has 3 heterocycles. The lowest BCUT2D eigenvalue weighted by Gasteiger charge is -2.37. The summed E-state index contributed by atoms with van der Waals surface area (Å²) in [5.41, 5.74) is 0. The number of nitrogens with zero attached hydrogens (tertiary/aromatic N) is 1. The van der Waals surface area contributed by atoms with Crippen LogP contribution in [0.4, 0.5) is 0 Å². The number of aliphatic hydroxyl groups excluding tert-OH is 1. The van der Waals surface area contributed by atoms with E-state index < -0.39 is 6.29 Å². The molecule has 6 heteroatoms. The summed E-state index contributed by atoms with van der Waals surface area (Å²) in [6.07, 6.45) is 8.79. The number of carbonyl (C=O) groups excluding carboxylic acids is 1. The number of hydrogen-bond acceptors (Lipinski definition) is 5. The first-order valence-electron chi connectivity index (χ1n) is 10.7. The molecule has 3 rings (SSSR count). The molecular weight excluding hydrogens is 374 g/mol. The SMILES string of the molecule is CCO[C@H]1OC(C(=O)N2CCCCCCC2)=C[C@@H](c2cccs2)[C@H]1CCCO. The molecule has 0 aliphatic carbocycles. The van der Waals surface area contributed by atoms with Crippen molar-refractivity contribution in [2.75, 3.05) is 26.3 Å². The molecule has 2 aliphatic heterocycles. The Kier molecular flexibility index (Phi) is 8.37. The number of likely N-dealkylation sites (tertiary alicyclic amines) is 1. The average molecular weight is 408 g/mol. The second-order valence-corrected chi connectivity index (χ2v) is 8.58. The Bertz CT molecular complexity index is 622. The van der Waals surface area contributed by atoms with E-state index in [4.69, 9.17) is 9.47 Å². The normalized spacial score (nSPS) is 26.1. The third-order valence-corrected chi connectivity index (χ3v) is 6.61. The van der Waals surface area contributed by atoms with Crippen molar-refractivity contribution in [2.45, 2.75) is 64.1 Å². The zero-order valence-corrected chi connectivity index (χ0v) is 17.7. The van der Waals surface area contributed by atoms with Crippen LogP contribution >= 0.6 is 11.3 Å². The summed E-state index contributed by atoms with van der Waals surface area (Å²) >= 11 is 1.70. The lowest BCUT2D eigenvalue weighted by atomic mass is 9.84. The van der Waals surface area contributed by atoms with Crippen LogP contribution < -0.4 is 0 Å². The van der Waals surface area contributed by atoms with Crippen molar-refractivity contribution in [2.24, 2.45) is 5.92 Å². The Balaban J connectivity index is 1.85. The Labute approximate surface area is 172 Å². The molecule has 1 saturated heterocycles. The molecule has 3 atom stereocenters. The van der Waals surface area contributed by atoms with Gasteiger partial charge in [-0.1, -0.05) is 25.3 Å². The maximum Gasteiger partial charge on any atom is 0.288 e. The third kappa shape index (κ3) is 5.37. The first kappa shape index (κ1) is 21.3. The predicted octanol–water partition coefficient (Wildman–Crippen LogP) is 4.29. The van der Waals surface area contributed by atoms with E-state index in [2.05, 4.69) is 11.4 Å². The number of aliphatic hydroxyl groups is 1. The van der Waals surface area contributed by atoms with Gasteiger partial charge in [-0.15, -0.1) is 11.3 Å². The number of ether oxygens (including phenoxy) is 2. The minimum atomic E-state index is -0.456. The van der Waals surface area contributed by atoms with E-state index in [1.165, 1.54) is 24.1 Å². The first-order valence-corrected chi connectivity index (χ1v) is 11.6. The van der Waals surface area contributed by atoms with Crippen molar-refractivity contribution in [3.05, 3.63) is 34.2 Å². The van der Waals surface area contributed by atoms with Gasteiger partial charge in [0.1, 0.15) is 0 Å². The number of allylic oxidation sites excluding steroid dienone is 1. The van der Waals surface area contributed by atoms with Crippen LogP contribution in [0.5, 0.6) is 0 Å². The topological polar surface area (TPSA) is 59.0 Å². The Morgan fingerprint density at radius 3 is 2.68 bits per heavy atom. The molecule has 0 aromatic carbocycles. The van der Waals surface area contributed by atoms with E-state index in [-0.39, 0.29) is 24.3 Å². The largest absolute Gasteiger partial charge is 0.459 e. The molecule has 0 saturated carbocycles. The minimum Gasteiger partial charge on any atom is -0.459 e. The fourth-order valence-electron chi connectivity index (χ4n) is 4.17. The van der Waals surface area contributed by atoms with E-state index in [0.29, 0.717) is 18.8 Å². The van der Waals surface area contributed by atoms with Crippen LogP contribution in [-0.2, 0) is 14.3 Å². The summed E-state index contributed by atoms with van der Waals surface area (Å²) in [4.78, 5) is 16.4. The molecule has 0 bridgehead atoms. The molecule has 2 aliphatic rings. The van der Waals surface area contributed by atoms with Crippen molar-refractivity contribution < 1.29 is 19.4 Å². The molecule has 0 radical (unpaired) electrons. The van der Waals surface area contributed by atoms with Crippen molar-refractivity contribution in [3.63, 3.8) is 0 Å². The van der Waals surface area contributed by atoms with E-state index in [1.807, 2.05) is 24.0 Å². The number of amides is 1. The molecule has 1 amide bonds. The molecule has 1 N–H and O–H groups in total. The van der Waals surface area contributed by atoms with Crippen molar-refractivity contribution >= 4 is 17.2 Å². The summed E-state index contributed by atoms with van der Waals surface area (Å²) < 4.78 is 12.0. The van der Waals surface area contributed by atoms with Gasteiger partial charge in [0.05, 0.1) is 0 Å². The minimum absolute atomic E-state index is 0.00577. The van der Waals surface area contributed by atoms with E-state index in [0.717, 1.165) is 32.4 Å². The summed E-state index contributed by atoms with van der Waals surface area (Å²) in [5.74, 6) is 0.589. The monoisotopic (exact) mass is 407 g/mol. The Morgan fingerprint density at radius 1 is 1.29 bits per heavy atom. The van der Waals surface area contributed by atoms with Gasteiger partial charge in [0, 0.05) is 43.0 Å². The van der Waals surface area contributed by atoms with Crippen molar-refractivity contribution in [1.29, 1.82) is 0 Å². The molecule has 28 heavy (non-hydrogen) atoms. The van der Waals surface area contributed by atoms with Gasteiger partial charge >= 0.3 is 0 Å². The van der Waals surface area contributed by atoms with Crippen LogP contribution in [0.15, 0.2) is 29.3 Å². The predicted molar refractivity (Wildman–Crippen MR) is 111 cm³/mol. The molecule has 1 aromatic rings. The quantitative estimate of drug-likeness (QED) is 0.732. The van der Waals surface area contributed by atoms with Crippen molar-refractivity contribution in [1.82, 2.24) is 4.90 Å². The molecule has 1 fully saturated rings. The van der Waals surface area contributed by atoms with Gasteiger partial charge in [0.2, 0.25) is 6.29 Å². The molecule has 0 unspecified atom stereocenters. The lowest BCUT2D eigenvalue weighted by molar-refractivity contribution is -0.170. The van der Waals surface area contributed by atoms with Crippen LogP contribution in [0.1, 0.15) is 62.7 Å². The van der Waals surface area contributed by atoms with Crippen molar-refractivity contribution in [3.8, 4) is 0 Å². The van der Waals surface area contributed by atoms with Crippen LogP contribution in [0.3, 0.4) is 0 Å². The van der Waals surface area contributed by atoms with Gasteiger partial charge in [0.15, 0.2) is 5.76 Å². The van der Waals surface area contributed by atoms with Gasteiger partial charge in [-0.3, -0.25) is 4.79 Å². The molecule has 1 aromatic heterocycles. The summed E-state index contributed by atoms with van der Waals surface area (Å²) in [6, 6.07) is 4.16. The first-order chi connectivity index (χ1) is 13.7. The number of thiophene rings is 1. The summed E-state index contributed by atoms with van der Waals surface area (Å²) in [7, 11) is 0. The highest BCUT2D eigenvalue weighted by Crippen LogP contribution is 2.41. The summed E-state index contributed by atoms with van der Waals surface area (Å²) in [5, 5.41) is 11.4. The standard InChI is InChI=1S/C22H33NO4S/c1-2-26-22-17(10-8-14-24)18(20-11-9-15-28-20)16-19(27-22)21(25)23-12-6-4-3-5-7-13-23/h9,11,15-18,22,24H,2-8,10,12-14H2,1H3/t17-,18-,22+/m1/s1. The Hall–Kier alpha value is -1.37. The highest BCUT2D eigenvalue weighted by Gasteiger charge is 2.39. The maximum absolute atomic E-state index is 13.2. The van der Waals surface area contributed by atoms with Gasteiger partial charge < -0.3 is 19.5 Å². The molecular formula is C22H33NO4S. The second kappa shape index (κ2) is 11.0. The van der Waals surface area contributed by atoms with Crippen LogP contribution in [0, 0.1) is 5.92 Å². The number of hydrogen-bond donors (Lipinski definition) is 1. The maximum atomic E-state index is 13.2. The molecule has 0 spiro atoms. The summed E-state index contributed by atoms with van der Waals surface area (Å²) in [6.45, 7) is 4.23. The number of rotatable bonds is 7. The van der Waals surface area contributed by atoms with E-state index in [9.17, 15) is 9.90 Å². The highest BCUT2D eigenvalue weighted by atomic mass is 32.1. The van der Waals surface area contributed by atoms with Gasteiger partial charge in [-0.2, -0.15) is 0 Å². The average Bonchev–Trinajstić information content (AvgIpc) is 3.20. The molecule has 156 valence electrons. The van der Waals surface area contributed by atoms with Gasteiger partial charge in [-0.05, 0) is 50.1 Å². The van der Waals surface area contributed by atoms with Crippen LogP contribution in [0.2, 0.25) is 0 Å². The fraction of sp³-hybridized carbons (Fsp3) is 0.682. The van der Waals surface area contributed by atoms with Gasteiger partial charge in [-0.25, -0.2) is 0 Å². The Morgan fingerprint density at radius 2 is 2.04 bits per heavy atom. The van der Waals surface area contributed by atoms with Gasteiger partial charge in [0.25, 0.3) is 5.91 Å². The lowest BCUT2D eigenvalue weighted by Crippen LogP contribution is -2.41. The fourth-order valence-corrected chi connectivity index (χ4v) is 5.05. The number of carbonyl (C=O) groups is 1. The van der Waals surface area contributed by atoms with E-state index in [1.54, 1.807) is 11.3 Å². The highest BCUT2D eigenvalue weighted by molar-refractivity contribution is 7.10. The van der Waals surface area contributed by atoms with E-state index >= 15 is 0 Å². The van der Waals surface area contributed by atoms with Crippen LogP contribution in [0.25, 0.3) is 0 Å². The third-order valence-electron chi connectivity index (χ3n) is 5.64. The molecule has 5 nitrogen and oxygen atoms in total. The second-order valence-electron chi connectivity index (χ2n) is 7.60. The smallest absolute Gasteiger partial charge is 0.288 e. The van der Waals surface area contributed by atoms with Crippen LogP contribution in [-0.4, -0.2) is 48.5 Å².